The number of alkyl halides is 2. The second-order valence-corrected chi connectivity index (χ2v) is 5.06. The van der Waals surface area contributed by atoms with Crippen molar-refractivity contribution in [1.82, 2.24) is 9.97 Å². The van der Waals surface area contributed by atoms with Gasteiger partial charge in [0.05, 0.1) is 16.8 Å². The summed E-state index contributed by atoms with van der Waals surface area (Å²) in [4.78, 5) is 8.71. The Morgan fingerprint density at radius 1 is 1.33 bits per heavy atom. The van der Waals surface area contributed by atoms with Crippen molar-refractivity contribution in [3.8, 4) is 11.4 Å². The molecule has 0 amide bonds. The van der Waals surface area contributed by atoms with Crippen molar-refractivity contribution >= 4 is 21.7 Å². The Balaban J connectivity index is 2.52. The minimum absolute atomic E-state index is 0.0571. The molecule has 0 bridgehead atoms. The van der Waals surface area contributed by atoms with Crippen LogP contribution in [0, 0.1) is 0 Å². The van der Waals surface area contributed by atoms with Crippen molar-refractivity contribution in [1.29, 1.82) is 0 Å². The maximum atomic E-state index is 12.8. The molecule has 0 radical (unpaired) electrons. The van der Waals surface area contributed by atoms with Gasteiger partial charge in [-0.3, -0.25) is 0 Å². The number of anilines is 1. The summed E-state index contributed by atoms with van der Waals surface area (Å²) < 4.78 is 31.4. The molecular weight excluding hydrogens is 344 g/mol. The number of benzene rings is 1. The second kappa shape index (κ2) is 6.91. The van der Waals surface area contributed by atoms with E-state index in [4.69, 9.17) is 4.74 Å². The lowest BCUT2D eigenvalue weighted by molar-refractivity contribution is 0.151. The first-order valence-corrected chi connectivity index (χ1v) is 6.97. The van der Waals surface area contributed by atoms with Crippen LogP contribution < -0.4 is 5.32 Å². The number of rotatable bonds is 5. The highest BCUT2D eigenvalue weighted by atomic mass is 79.9. The fraction of sp³-hybridized carbons (Fsp3) is 0.286. The third kappa shape index (κ3) is 3.54. The predicted molar refractivity (Wildman–Crippen MR) is 80.4 cm³/mol. The minimum atomic E-state index is -2.53. The van der Waals surface area contributed by atoms with Gasteiger partial charge in [-0.2, -0.15) is 0 Å². The number of hydrogen-bond donors (Lipinski definition) is 1. The minimum Gasteiger partial charge on any atom is -0.378 e. The average molecular weight is 358 g/mol. The first-order valence-electron chi connectivity index (χ1n) is 6.18. The van der Waals surface area contributed by atoms with E-state index < -0.39 is 6.43 Å². The van der Waals surface area contributed by atoms with Crippen LogP contribution >= 0.6 is 15.9 Å². The fourth-order valence-electron chi connectivity index (χ4n) is 1.83. The predicted octanol–water partition coefficient (Wildman–Crippen LogP) is 4.03. The zero-order valence-electron chi connectivity index (χ0n) is 11.5. The maximum Gasteiger partial charge on any atom is 0.263 e. The smallest absolute Gasteiger partial charge is 0.263 e. The Morgan fingerprint density at radius 2 is 2.10 bits per heavy atom. The number of nitrogens with zero attached hydrogens (tertiary/aromatic N) is 2. The molecule has 0 spiro atoms. The van der Waals surface area contributed by atoms with E-state index in [-0.39, 0.29) is 5.56 Å². The normalized spacial score (nSPS) is 11.0. The molecule has 0 fully saturated rings. The van der Waals surface area contributed by atoms with E-state index in [0.717, 1.165) is 0 Å². The van der Waals surface area contributed by atoms with Crippen LogP contribution in [0.1, 0.15) is 17.7 Å². The number of hydrogen-bond acceptors (Lipinski definition) is 4. The van der Waals surface area contributed by atoms with E-state index in [2.05, 4.69) is 31.2 Å². The standard InChI is InChI=1S/C14H14BrF2N3O/c1-18-14-11(15)10(7-21-2)19-13(20-14)9-5-3-4-8(6-9)12(16)17/h3-6,12H,7H2,1-2H3,(H,18,19,20). The summed E-state index contributed by atoms with van der Waals surface area (Å²) in [5.41, 5.74) is 1.13. The molecule has 1 heterocycles. The van der Waals surface area contributed by atoms with Gasteiger partial charge in [-0.05, 0) is 22.0 Å². The Hall–Kier alpha value is -1.60. The van der Waals surface area contributed by atoms with Gasteiger partial charge < -0.3 is 10.1 Å². The third-order valence-electron chi connectivity index (χ3n) is 2.83. The average Bonchev–Trinajstić information content (AvgIpc) is 2.49. The van der Waals surface area contributed by atoms with Crippen molar-refractivity contribution in [3.63, 3.8) is 0 Å². The SMILES string of the molecule is CNc1nc(-c2cccc(C(F)F)c2)nc(COC)c1Br. The Morgan fingerprint density at radius 3 is 2.71 bits per heavy atom. The van der Waals surface area contributed by atoms with Gasteiger partial charge >= 0.3 is 0 Å². The summed E-state index contributed by atoms with van der Waals surface area (Å²) in [6.07, 6.45) is -2.53. The van der Waals surface area contributed by atoms with Crippen LogP contribution in [-0.2, 0) is 11.3 Å². The van der Waals surface area contributed by atoms with Crippen LogP contribution in [0.3, 0.4) is 0 Å². The topological polar surface area (TPSA) is 47.0 Å². The van der Waals surface area contributed by atoms with Gasteiger partial charge in [0.2, 0.25) is 0 Å². The number of aromatic nitrogens is 2. The van der Waals surface area contributed by atoms with Gasteiger partial charge in [-0.25, -0.2) is 18.7 Å². The molecule has 112 valence electrons. The summed E-state index contributed by atoms with van der Waals surface area (Å²) in [6, 6.07) is 6.04. The van der Waals surface area contributed by atoms with Crippen LogP contribution in [0.15, 0.2) is 28.7 Å². The summed E-state index contributed by atoms with van der Waals surface area (Å²) >= 11 is 3.40. The molecule has 0 aliphatic heterocycles. The van der Waals surface area contributed by atoms with E-state index in [1.54, 1.807) is 26.3 Å². The molecule has 0 atom stereocenters. The molecule has 4 nitrogen and oxygen atoms in total. The van der Waals surface area contributed by atoms with Crippen molar-refractivity contribution in [2.24, 2.45) is 0 Å². The molecule has 0 aliphatic carbocycles. The van der Waals surface area contributed by atoms with Crippen LogP contribution in [0.25, 0.3) is 11.4 Å². The quantitative estimate of drug-likeness (QED) is 0.877. The molecule has 21 heavy (non-hydrogen) atoms. The largest absolute Gasteiger partial charge is 0.378 e. The molecule has 1 aromatic carbocycles. The van der Waals surface area contributed by atoms with Crippen LogP contribution in [0.5, 0.6) is 0 Å². The van der Waals surface area contributed by atoms with Gasteiger partial charge in [0, 0.05) is 25.3 Å². The zero-order chi connectivity index (χ0) is 15.4. The lowest BCUT2D eigenvalue weighted by Gasteiger charge is -2.11. The van der Waals surface area contributed by atoms with Crippen LogP contribution in [0.2, 0.25) is 0 Å². The molecule has 0 saturated carbocycles. The van der Waals surface area contributed by atoms with E-state index in [1.807, 2.05) is 0 Å². The summed E-state index contributed by atoms with van der Waals surface area (Å²) in [6.45, 7) is 0.291. The molecule has 1 N–H and O–H groups in total. The van der Waals surface area contributed by atoms with E-state index in [1.165, 1.54) is 12.1 Å². The van der Waals surface area contributed by atoms with Crippen molar-refractivity contribution in [3.05, 3.63) is 40.0 Å². The molecule has 2 rings (SSSR count). The number of methoxy groups -OCH3 is 1. The molecule has 0 aliphatic rings. The Bertz CT molecular complexity index is 638. The van der Waals surface area contributed by atoms with E-state index in [0.29, 0.717) is 34.0 Å². The number of halogens is 3. The molecule has 2 aromatic rings. The first kappa shape index (κ1) is 15.8. The molecule has 7 heteroatoms. The van der Waals surface area contributed by atoms with Gasteiger partial charge in [0.1, 0.15) is 5.82 Å². The van der Waals surface area contributed by atoms with Crippen molar-refractivity contribution in [2.75, 3.05) is 19.5 Å². The maximum absolute atomic E-state index is 12.8. The highest BCUT2D eigenvalue weighted by Gasteiger charge is 2.14. The summed E-state index contributed by atoms with van der Waals surface area (Å²) in [5, 5.41) is 2.94. The van der Waals surface area contributed by atoms with Gasteiger partial charge in [-0.15, -0.1) is 0 Å². The van der Waals surface area contributed by atoms with Gasteiger partial charge in [-0.1, -0.05) is 18.2 Å². The van der Waals surface area contributed by atoms with Gasteiger partial charge in [0.25, 0.3) is 6.43 Å². The van der Waals surface area contributed by atoms with E-state index >= 15 is 0 Å². The molecular formula is C14H14BrF2N3O. The van der Waals surface area contributed by atoms with Crippen molar-refractivity contribution < 1.29 is 13.5 Å². The van der Waals surface area contributed by atoms with Gasteiger partial charge in [0.15, 0.2) is 5.82 Å². The van der Waals surface area contributed by atoms with Crippen LogP contribution in [0.4, 0.5) is 14.6 Å². The highest BCUT2D eigenvalue weighted by Crippen LogP contribution is 2.29. The highest BCUT2D eigenvalue weighted by molar-refractivity contribution is 9.10. The lowest BCUT2D eigenvalue weighted by Crippen LogP contribution is -2.04. The molecule has 0 saturated heterocycles. The lowest BCUT2D eigenvalue weighted by atomic mass is 10.1. The Kier molecular flexibility index (Phi) is 5.19. The number of ether oxygens (including phenoxy) is 1. The third-order valence-corrected chi connectivity index (χ3v) is 3.67. The monoisotopic (exact) mass is 357 g/mol. The van der Waals surface area contributed by atoms with Crippen molar-refractivity contribution in [2.45, 2.75) is 13.0 Å². The zero-order valence-corrected chi connectivity index (χ0v) is 13.1. The van der Waals surface area contributed by atoms with Crippen LogP contribution in [-0.4, -0.2) is 24.1 Å². The molecule has 1 aromatic heterocycles. The van der Waals surface area contributed by atoms with E-state index in [9.17, 15) is 8.78 Å². The second-order valence-electron chi connectivity index (χ2n) is 4.27. The summed E-state index contributed by atoms with van der Waals surface area (Å²) in [5.74, 6) is 0.951. The fourth-order valence-corrected chi connectivity index (χ4v) is 2.32. The Labute approximate surface area is 129 Å². The molecule has 0 unspecified atom stereocenters. The summed E-state index contributed by atoms with van der Waals surface area (Å²) in [7, 11) is 3.29. The first-order chi connectivity index (χ1) is 10.1. The number of nitrogens with one attached hydrogen (secondary N) is 1.